The molecular formula is C54H106O4. The number of hydrogen-bond acceptors (Lipinski definition) is 2. The molecule has 4 heteroatoms. The molecule has 4 nitrogen and oxygen atoms in total. The average Bonchev–Trinajstić information content (AvgIpc) is 3.21. The van der Waals surface area contributed by atoms with Gasteiger partial charge in [0.1, 0.15) is 0 Å². The minimum atomic E-state index is -0.649. The maximum absolute atomic E-state index is 10.5. The van der Waals surface area contributed by atoms with Crippen molar-refractivity contribution in [3.8, 4) is 0 Å². The average molecular weight is 819 g/mol. The summed E-state index contributed by atoms with van der Waals surface area (Å²) in [6, 6.07) is 0. The molecule has 58 heavy (non-hydrogen) atoms. The Balaban J connectivity index is 3.07. The number of hydrogen-bond donors (Lipinski definition) is 2. The van der Waals surface area contributed by atoms with Crippen LogP contribution in [0.3, 0.4) is 0 Å². The Bertz CT molecular complexity index is 717. The lowest BCUT2D eigenvalue weighted by molar-refractivity contribution is -0.138. The van der Waals surface area contributed by atoms with Gasteiger partial charge in [0.2, 0.25) is 0 Å². The van der Waals surface area contributed by atoms with Crippen molar-refractivity contribution < 1.29 is 19.8 Å². The molecule has 0 unspecified atom stereocenters. The van der Waals surface area contributed by atoms with Gasteiger partial charge in [-0.15, -0.1) is 0 Å². The van der Waals surface area contributed by atoms with Gasteiger partial charge in [-0.25, -0.2) is 0 Å². The molecule has 346 valence electrons. The van der Waals surface area contributed by atoms with Crippen molar-refractivity contribution in [2.24, 2.45) is 0 Å². The molecule has 0 heterocycles. The lowest BCUT2D eigenvalue weighted by Gasteiger charge is -2.05. The van der Waals surface area contributed by atoms with E-state index in [1.807, 2.05) is 0 Å². The van der Waals surface area contributed by atoms with E-state index in [1.54, 1.807) is 0 Å². The second-order valence-corrected chi connectivity index (χ2v) is 19.0. The van der Waals surface area contributed by atoms with E-state index in [0.717, 1.165) is 25.7 Å². The first-order valence-electron chi connectivity index (χ1n) is 27.1. The Morgan fingerprint density at radius 2 is 0.224 bits per heavy atom. The van der Waals surface area contributed by atoms with Gasteiger partial charge in [0.15, 0.2) is 0 Å². The van der Waals surface area contributed by atoms with Crippen molar-refractivity contribution in [2.75, 3.05) is 0 Å². The minimum Gasteiger partial charge on any atom is -0.481 e. The Morgan fingerprint density at radius 3 is 0.293 bits per heavy atom. The number of carboxylic acids is 2. The van der Waals surface area contributed by atoms with Crippen molar-refractivity contribution >= 4 is 11.9 Å². The molecule has 0 aliphatic carbocycles. The molecule has 0 atom stereocenters. The summed E-state index contributed by atoms with van der Waals surface area (Å²) in [5, 5.41) is 17.3. The quantitative estimate of drug-likeness (QED) is 0.0600. The number of unbranched alkanes of at least 4 members (excludes halogenated alkanes) is 49. The highest BCUT2D eigenvalue weighted by Gasteiger charge is 2.01. The second-order valence-electron chi connectivity index (χ2n) is 19.0. The van der Waals surface area contributed by atoms with Crippen molar-refractivity contribution in [1.82, 2.24) is 0 Å². The van der Waals surface area contributed by atoms with Crippen LogP contribution in [0.5, 0.6) is 0 Å². The lowest BCUT2D eigenvalue weighted by Crippen LogP contribution is -1.93. The Morgan fingerprint density at radius 1 is 0.155 bits per heavy atom. The summed E-state index contributed by atoms with van der Waals surface area (Å²) in [6.45, 7) is 0. The molecule has 0 aromatic heterocycles. The smallest absolute Gasteiger partial charge is 0.303 e. The summed E-state index contributed by atoms with van der Waals surface area (Å²) in [5.74, 6) is -1.30. The van der Waals surface area contributed by atoms with Gasteiger partial charge >= 0.3 is 11.9 Å². The highest BCUT2D eigenvalue weighted by molar-refractivity contribution is 5.66. The predicted octanol–water partition coefficient (Wildman–Crippen LogP) is 19.4. The van der Waals surface area contributed by atoms with Crippen LogP contribution in [0.15, 0.2) is 0 Å². The van der Waals surface area contributed by atoms with E-state index in [2.05, 4.69) is 0 Å². The van der Waals surface area contributed by atoms with Crippen LogP contribution in [0, 0.1) is 0 Å². The molecule has 0 spiro atoms. The molecule has 0 radical (unpaired) electrons. The molecule has 0 aromatic rings. The zero-order chi connectivity index (χ0) is 41.9. The van der Waals surface area contributed by atoms with E-state index >= 15 is 0 Å². The van der Waals surface area contributed by atoms with E-state index in [-0.39, 0.29) is 0 Å². The zero-order valence-corrected chi connectivity index (χ0v) is 39.5. The van der Waals surface area contributed by atoms with Gasteiger partial charge in [-0.2, -0.15) is 0 Å². The number of carboxylic acid groups (broad SMARTS) is 2. The normalized spacial score (nSPS) is 11.5. The van der Waals surface area contributed by atoms with Crippen molar-refractivity contribution in [2.45, 2.75) is 334 Å². The third kappa shape index (κ3) is 54.9. The third-order valence-electron chi connectivity index (χ3n) is 13.0. The molecule has 0 bridgehead atoms. The van der Waals surface area contributed by atoms with Gasteiger partial charge < -0.3 is 10.2 Å². The van der Waals surface area contributed by atoms with E-state index in [1.165, 1.54) is 295 Å². The SMILES string of the molecule is O=C(O)CCCCCCCCCCCCCCCCCCCCCCCCCCCCCCCCCCCCCCCCCCCCCCCCCCCCC(=O)O. The van der Waals surface area contributed by atoms with Crippen LogP contribution < -0.4 is 0 Å². The Kier molecular flexibility index (Phi) is 51.1. The van der Waals surface area contributed by atoms with Gasteiger partial charge in [-0.1, -0.05) is 308 Å². The van der Waals surface area contributed by atoms with E-state index in [9.17, 15) is 9.59 Å². The molecule has 0 saturated carbocycles. The predicted molar refractivity (Wildman–Crippen MR) is 255 cm³/mol. The van der Waals surface area contributed by atoms with Crippen molar-refractivity contribution in [3.05, 3.63) is 0 Å². The van der Waals surface area contributed by atoms with Crippen LogP contribution in [0.1, 0.15) is 334 Å². The van der Waals surface area contributed by atoms with E-state index < -0.39 is 11.9 Å². The largest absolute Gasteiger partial charge is 0.481 e. The second kappa shape index (κ2) is 52.1. The lowest BCUT2D eigenvalue weighted by atomic mass is 10.0. The number of aliphatic carboxylic acids is 2. The van der Waals surface area contributed by atoms with Gasteiger partial charge in [0.25, 0.3) is 0 Å². The maximum Gasteiger partial charge on any atom is 0.303 e. The van der Waals surface area contributed by atoms with Crippen LogP contribution in [0.25, 0.3) is 0 Å². The molecule has 0 aliphatic heterocycles. The van der Waals surface area contributed by atoms with Crippen LogP contribution in [0.2, 0.25) is 0 Å². The summed E-state index contributed by atoms with van der Waals surface area (Å²) >= 11 is 0. The highest BCUT2D eigenvalue weighted by Crippen LogP contribution is 2.19. The van der Waals surface area contributed by atoms with Crippen molar-refractivity contribution in [1.29, 1.82) is 0 Å². The zero-order valence-electron chi connectivity index (χ0n) is 39.5. The fourth-order valence-electron chi connectivity index (χ4n) is 9.04. The first-order valence-corrected chi connectivity index (χ1v) is 27.1. The highest BCUT2D eigenvalue weighted by atomic mass is 16.4. The number of rotatable bonds is 53. The Hall–Kier alpha value is -1.06. The fraction of sp³-hybridized carbons (Fsp3) is 0.963. The van der Waals surface area contributed by atoms with E-state index in [0.29, 0.717) is 12.8 Å². The first kappa shape index (κ1) is 56.9. The first-order chi connectivity index (χ1) is 28.6. The van der Waals surface area contributed by atoms with Crippen molar-refractivity contribution in [3.63, 3.8) is 0 Å². The van der Waals surface area contributed by atoms with Crippen LogP contribution in [-0.2, 0) is 9.59 Å². The van der Waals surface area contributed by atoms with Crippen LogP contribution >= 0.6 is 0 Å². The molecular weight excluding hydrogens is 713 g/mol. The molecule has 0 aromatic carbocycles. The summed E-state index contributed by atoms with van der Waals surface area (Å²) in [6.07, 6.45) is 70.3. The Labute approximate surface area is 364 Å². The molecule has 0 rings (SSSR count). The standard InChI is InChI=1S/C54H106O4/c55-53(56)51-49-47-45-43-41-39-37-35-33-31-29-27-25-23-21-19-17-15-13-11-9-7-5-3-1-2-4-6-8-10-12-14-16-18-20-22-24-26-28-30-32-34-36-38-40-42-44-46-48-50-52-54(57)58/h1-52H2,(H,55,56)(H,57,58). The topological polar surface area (TPSA) is 74.6 Å². The molecule has 0 fully saturated rings. The van der Waals surface area contributed by atoms with Gasteiger partial charge in [0.05, 0.1) is 0 Å². The third-order valence-corrected chi connectivity index (χ3v) is 13.0. The van der Waals surface area contributed by atoms with Gasteiger partial charge in [-0.3, -0.25) is 9.59 Å². The summed E-state index contributed by atoms with van der Waals surface area (Å²) in [5.41, 5.74) is 0. The maximum atomic E-state index is 10.5. The summed E-state index contributed by atoms with van der Waals surface area (Å²) in [7, 11) is 0. The fourth-order valence-corrected chi connectivity index (χ4v) is 9.04. The molecule has 0 saturated heterocycles. The van der Waals surface area contributed by atoms with E-state index in [4.69, 9.17) is 10.2 Å². The molecule has 2 N–H and O–H groups in total. The molecule has 0 amide bonds. The van der Waals surface area contributed by atoms with Gasteiger partial charge in [0, 0.05) is 12.8 Å². The monoisotopic (exact) mass is 819 g/mol. The number of carbonyl (C=O) groups is 2. The van der Waals surface area contributed by atoms with Crippen LogP contribution in [-0.4, -0.2) is 22.2 Å². The minimum absolute atomic E-state index is 0.344. The van der Waals surface area contributed by atoms with Gasteiger partial charge in [-0.05, 0) is 12.8 Å². The molecule has 0 aliphatic rings. The summed E-state index contributed by atoms with van der Waals surface area (Å²) < 4.78 is 0. The summed E-state index contributed by atoms with van der Waals surface area (Å²) in [4.78, 5) is 21.0. The van der Waals surface area contributed by atoms with Crippen LogP contribution in [0.4, 0.5) is 0 Å².